The van der Waals surface area contributed by atoms with E-state index >= 15 is 0 Å². The summed E-state index contributed by atoms with van der Waals surface area (Å²) in [5, 5.41) is 0. The molecule has 1 unspecified atom stereocenters. The molecule has 18 heavy (non-hydrogen) atoms. The Morgan fingerprint density at radius 3 is 2.67 bits per heavy atom. The summed E-state index contributed by atoms with van der Waals surface area (Å²) >= 11 is 2.96. The van der Waals surface area contributed by atoms with Gasteiger partial charge in [0.25, 0.3) is 0 Å². The maximum atomic E-state index is 13.6. The van der Waals surface area contributed by atoms with Crippen LogP contribution in [0.4, 0.5) is 8.78 Å². The fourth-order valence-corrected chi connectivity index (χ4v) is 1.65. The highest BCUT2D eigenvalue weighted by molar-refractivity contribution is 9.10. The molecule has 0 spiro atoms. The van der Waals surface area contributed by atoms with Crippen molar-refractivity contribution in [3.05, 3.63) is 34.1 Å². The number of carbonyl (C=O) groups excluding carboxylic acids is 1. The molecule has 0 aromatic heterocycles. The fraction of sp³-hybridized carbons (Fsp3) is 0.364. The van der Waals surface area contributed by atoms with Gasteiger partial charge in [-0.15, -0.1) is 12.4 Å². The number of benzene rings is 1. The zero-order valence-electron chi connectivity index (χ0n) is 9.53. The van der Waals surface area contributed by atoms with Crippen molar-refractivity contribution in [1.82, 2.24) is 0 Å². The lowest BCUT2D eigenvalue weighted by atomic mass is 10.0. The standard InChI is InChI=1S/C11H12BrF2NO2.ClH/c1-2-17-11(16)9(14)10(15)6-3-4-8(13)7(12)5-6;/h3-5,9-10H,2,15H2,1H3;1H/t9?,10-;/m1./s1. The van der Waals surface area contributed by atoms with Gasteiger partial charge in [-0.05, 0) is 40.5 Å². The lowest BCUT2D eigenvalue weighted by Gasteiger charge is -2.16. The number of hydrogen-bond acceptors (Lipinski definition) is 3. The quantitative estimate of drug-likeness (QED) is 0.855. The van der Waals surface area contributed by atoms with Crippen molar-refractivity contribution in [3.63, 3.8) is 0 Å². The third-order valence-electron chi connectivity index (χ3n) is 2.16. The molecule has 2 atom stereocenters. The van der Waals surface area contributed by atoms with Crippen molar-refractivity contribution in [1.29, 1.82) is 0 Å². The first kappa shape index (κ1) is 17.3. The third-order valence-corrected chi connectivity index (χ3v) is 2.76. The van der Waals surface area contributed by atoms with Crippen molar-refractivity contribution >= 4 is 34.3 Å². The van der Waals surface area contributed by atoms with Gasteiger partial charge in [-0.2, -0.15) is 0 Å². The van der Waals surface area contributed by atoms with E-state index in [0.717, 1.165) is 6.07 Å². The van der Waals surface area contributed by atoms with Crippen molar-refractivity contribution in [2.75, 3.05) is 6.61 Å². The first-order valence-electron chi connectivity index (χ1n) is 4.98. The molecule has 0 aliphatic rings. The Kier molecular flexibility index (Phi) is 7.35. The molecule has 0 bridgehead atoms. The van der Waals surface area contributed by atoms with Gasteiger partial charge in [0.1, 0.15) is 5.82 Å². The van der Waals surface area contributed by atoms with E-state index in [0.29, 0.717) is 5.56 Å². The van der Waals surface area contributed by atoms with Gasteiger partial charge in [0.05, 0.1) is 17.1 Å². The van der Waals surface area contributed by atoms with Crippen LogP contribution < -0.4 is 5.73 Å². The second-order valence-corrected chi connectivity index (χ2v) is 4.21. The summed E-state index contributed by atoms with van der Waals surface area (Å²) in [7, 11) is 0. The van der Waals surface area contributed by atoms with Crippen LogP contribution in [-0.4, -0.2) is 18.7 Å². The van der Waals surface area contributed by atoms with Crippen LogP contribution in [0.5, 0.6) is 0 Å². The Bertz CT molecular complexity index is 420. The van der Waals surface area contributed by atoms with Gasteiger partial charge in [0.15, 0.2) is 0 Å². The van der Waals surface area contributed by atoms with Crippen LogP contribution in [0.3, 0.4) is 0 Å². The van der Waals surface area contributed by atoms with Gasteiger partial charge in [0, 0.05) is 0 Å². The molecule has 0 radical (unpaired) electrons. The predicted octanol–water partition coefficient (Wildman–Crippen LogP) is 2.91. The second kappa shape index (κ2) is 7.66. The van der Waals surface area contributed by atoms with E-state index in [1.165, 1.54) is 12.1 Å². The number of rotatable bonds is 4. The summed E-state index contributed by atoms with van der Waals surface area (Å²) in [5.41, 5.74) is 5.89. The molecule has 0 heterocycles. The Hall–Kier alpha value is -0.720. The molecule has 2 N–H and O–H groups in total. The lowest BCUT2D eigenvalue weighted by molar-refractivity contribution is -0.149. The first-order chi connectivity index (χ1) is 7.97. The van der Waals surface area contributed by atoms with Crippen molar-refractivity contribution in [2.24, 2.45) is 5.73 Å². The smallest absolute Gasteiger partial charge is 0.342 e. The summed E-state index contributed by atoms with van der Waals surface area (Å²) in [5.74, 6) is -1.49. The van der Waals surface area contributed by atoms with E-state index in [-0.39, 0.29) is 23.5 Å². The molecule has 0 aliphatic heterocycles. The zero-order valence-corrected chi connectivity index (χ0v) is 11.9. The highest BCUT2D eigenvalue weighted by Gasteiger charge is 2.28. The Morgan fingerprint density at radius 2 is 2.17 bits per heavy atom. The average molecular weight is 345 g/mol. The van der Waals surface area contributed by atoms with E-state index in [4.69, 9.17) is 5.73 Å². The minimum Gasteiger partial charge on any atom is -0.464 e. The summed E-state index contributed by atoms with van der Waals surface area (Å²) in [6.45, 7) is 1.66. The number of halogens is 4. The van der Waals surface area contributed by atoms with Crippen LogP contribution in [0, 0.1) is 5.82 Å². The second-order valence-electron chi connectivity index (χ2n) is 3.35. The van der Waals surface area contributed by atoms with Gasteiger partial charge in [-0.1, -0.05) is 6.07 Å². The summed E-state index contributed by atoms with van der Waals surface area (Å²) in [6, 6.07) is 2.64. The molecule has 3 nitrogen and oxygen atoms in total. The van der Waals surface area contributed by atoms with Gasteiger partial charge in [-0.3, -0.25) is 0 Å². The summed E-state index contributed by atoms with van der Waals surface area (Å²) < 4.78 is 31.2. The maximum absolute atomic E-state index is 13.6. The van der Waals surface area contributed by atoms with E-state index < -0.39 is 24.0 Å². The van der Waals surface area contributed by atoms with E-state index in [2.05, 4.69) is 20.7 Å². The van der Waals surface area contributed by atoms with Gasteiger partial charge < -0.3 is 10.5 Å². The molecule has 7 heteroatoms. The topological polar surface area (TPSA) is 52.3 Å². The van der Waals surface area contributed by atoms with Crippen LogP contribution >= 0.6 is 28.3 Å². The van der Waals surface area contributed by atoms with E-state index in [1.54, 1.807) is 6.92 Å². The number of esters is 1. The number of alkyl halides is 1. The highest BCUT2D eigenvalue weighted by atomic mass is 79.9. The van der Waals surface area contributed by atoms with Crippen LogP contribution in [-0.2, 0) is 9.53 Å². The van der Waals surface area contributed by atoms with Crippen LogP contribution in [0.1, 0.15) is 18.5 Å². The number of hydrogen-bond donors (Lipinski definition) is 1. The van der Waals surface area contributed by atoms with E-state index in [1.807, 2.05) is 0 Å². The van der Waals surface area contributed by atoms with Gasteiger partial charge in [-0.25, -0.2) is 13.6 Å². The van der Waals surface area contributed by atoms with Crippen LogP contribution in [0.2, 0.25) is 0 Å². The van der Waals surface area contributed by atoms with Crippen LogP contribution in [0.25, 0.3) is 0 Å². The SMILES string of the molecule is CCOC(=O)C(F)[C@H](N)c1ccc(F)c(Br)c1.Cl. The van der Waals surface area contributed by atoms with Crippen molar-refractivity contribution in [3.8, 4) is 0 Å². The lowest BCUT2D eigenvalue weighted by Crippen LogP contribution is -2.31. The molecule has 1 aromatic rings. The van der Waals surface area contributed by atoms with Gasteiger partial charge in [0.2, 0.25) is 6.17 Å². The summed E-state index contributed by atoms with van der Waals surface area (Å²) in [4.78, 5) is 11.1. The largest absolute Gasteiger partial charge is 0.464 e. The molecule has 0 fully saturated rings. The Labute approximate surface area is 118 Å². The van der Waals surface area contributed by atoms with Gasteiger partial charge >= 0.3 is 5.97 Å². The average Bonchev–Trinajstić information content (AvgIpc) is 2.31. The van der Waals surface area contributed by atoms with E-state index in [9.17, 15) is 13.6 Å². The zero-order chi connectivity index (χ0) is 13.0. The third kappa shape index (κ3) is 4.19. The molecule has 0 saturated heterocycles. The van der Waals surface area contributed by atoms with Crippen molar-refractivity contribution in [2.45, 2.75) is 19.1 Å². The predicted molar refractivity (Wildman–Crippen MR) is 69.8 cm³/mol. The molecule has 0 amide bonds. The van der Waals surface area contributed by atoms with Crippen LogP contribution in [0.15, 0.2) is 22.7 Å². The minimum absolute atomic E-state index is 0. The number of carbonyl (C=O) groups is 1. The maximum Gasteiger partial charge on any atom is 0.342 e. The fourth-order valence-electron chi connectivity index (χ4n) is 1.26. The molecule has 1 aromatic carbocycles. The Morgan fingerprint density at radius 1 is 1.56 bits per heavy atom. The van der Waals surface area contributed by atoms with Crippen molar-refractivity contribution < 1.29 is 18.3 Å². The molecule has 1 rings (SSSR count). The summed E-state index contributed by atoms with van der Waals surface area (Å²) in [6.07, 6.45) is -1.97. The normalized spacial score (nSPS) is 13.4. The molecular formula is C11H13BrClF2NO2. The molecule has 0 saturated carbocycles. The minimum atomic E-state index is -1.97. The molecule has 102 valence electrons. The number of ether oxygens (including phenoxy) is 1. The molecule has 0 aliphatic carbocycles. The highest BCUT2D eigenvalue weighted by Crippen LogP contribution is 2.23. The molecular weight excluding hydrogens is 331 g/mol. The Balaban J connectivity index is 0.00000289. The first-order valence-corrected chi connectivity index (χ1v) is 5.78. The monoisotopic (exact) mass is 343 g/mol. The number of nitrogens with two attached hydrogens (primary N) is 1.